The second kappa shape index (κ2) is 3.42. The van der Waals surface area contributed by atoms with Crippen molar-refractivity contribution in [2.75, 3.05) is 6.54 Å². The van der Waals surface area contributed by atoms with Crippen LogP contribution in [0.4, 0.5) is 0 Å². The van der Waals surface area contributed by atoms with Crippen molar-refractivity contribution in [2.24, 2.45) is 11.1 Å². The first-order valence-corrected chi connectivity index (χ1v) is 4.80. The molecule has 0 amide bonds. The summed E-state index contributed by atoms with van der Waals surface area (Å²) in [5.41, 5.74) is 7.30. The fraction of sp³-hybridized carbons (Fsp3) is 0.600. The summed E-state index contributed by atoms with van der Waals surface area (Å²) in [5.74, 6) is 0. The van der Waals surface area contributed by atoms with E-state index < -0.39 is 0 Å². The third-order valence-corrected chi connectivity index (χ3v) is 2.94. The van der Waals surface area contributed by atoms with Crippen LogP contribution in [0.15, 0.2) is 18.6 Å². The lowest BCUT2D eigenvalue weighted by atomic mass is 9.99. The summed E-state index contributed by atoms with van der Waals surface area (Å²) in [6, 6.07) is 1.98. The molecule has 2 N–H and O–H groups in total. The van der Waals surface area contributed by atoms with Crippen LogP contribution in [0, 0.1) is 5.41 Å². The fourth-order valence-electron chi connectivity index (χ4n) is 1.59. The number of aryl methyl sites for hydroxylation is 1. The molecule has 2 rings (SSSR count). The summed E-state index contributed by atoms with van der Waals surface area (Å²) in [4.78, 5) is 8.08. The van der Waals surface area contributed by atoms with Crippen LogP contribution in [0.1, 0.15) is 25.0 Å². The number of rotatable bonds is 4. The summed E-state index contributed by atoms with van der Waals surface area (Å²) < 4.78 is 0. The Balaban J connectivity index is 1.86. The first-order chi connectivity index (χ1) is 6.35. The highest BCUT2D eigenvalue weighted by molar-refractivity contribution is 5.02. The second-order valence-corrected chi connectivity index (χ2v) is 3.90. The Morgan fingerprint density at radius 3 is 2.85 bits per heavy atom. The van der Waals surface area contributed by atoms with Gasteiger partial charge in [-0.2, -0.15) is 0 Å². The van der Waals surface area contributed by atoms with E-state index in [0.29, 0.717) is 5.41 Å². The van der Waals surface area contributed by atoms with Gasteiger partial charge in [0.15, 0.2) is 0 Å². The van der Waals surface area contributed by atoms with Crippen LogP contribution >= 0.6 is 0 Å². The van der Waals surface area contributed by atoms with Gasteiger partial charge in [-0.15, -0.1) is 0 Å². The molecule has 0 saturated heterocycles. The molecule has 1 saturated carbocycles. The standard InChI is InChI=1S/C10H15N3/c11-7-10(4-5-10)3-1-9-2-6-12-8-13-9/h2,6,8H,1,3-5,7,11H2. The van der Waals surface area contributed by atoms with Gasteiger partial charge in [0.05, 0.1) is 0 Å². The molecule has 70 valence electrons. The number of hydrogen-bond acceptors (Lipinski definition) is 3. The van der Waals surface area contributed by atoms with E-state index in [2.05, 4.69) is 9.97 Å². The molecule has 1 fully saturated rings. The van der Waals surface area contributed by atoms with E-state index in [1.165, 1.54) is 19.3 Å². The monoisotopic (exact) mass is 177 g/mol. The lowest BCUT2D eigenvalue weighted by molar-refractivity contribution is 0.475. The van der Waals surface area contributed by atoms with Crippen molar-refractivity contribution in [1.29, 1.82) is 0 Å². The molecule has 0 bridgehead atoms. The number of nitrogens with zero attached hydrogens (tertiary/aromatic N) is 2. The first-order valence-electron chi connectivity index (χ1n) is 4.80. The molecule has 0 radical (unpaired) electrons. The van der Waals surface area contributed by atoms with Gasteiger partial charge in [-0.1, -0.05) is 0 Å². The molecule has 3 heteroatoms. The van der Waals surface area contributed by atoms with Crippen molar-refractivity contribution >= 4 is 0 Å². The van der Waals surface area contributed by atoms with E-state index in [1.54, 1.807) is 12.5 Å². The van der Waals surface area contributed by atoms with Crippen LogP contribution in [0.25, 0.3) is 0 Å². The highest BCUT2D eigenvalue weighted by Gasteiger charge is 2.40. The molecule has 1 heterocycles. The summed E-state index contributed by atoms with van der Waals surface area (Å²) in [6.07, 6.45) is 8.23. The van der Waals surface area contributed by atoms with Crippen molar-refractivity contribution in [2.45, 2.75) is 25.7 Å². The van der Waals surface area contributed by atoms with Crippen LogP contribution in [-0.4, -0.2) is 16.5 Å². The predicted octanol–water partition coefficient (Wildman–Crippen LogP) is 1.15. The summed E-state index contributed by atoms with van der Waals surface area (Å²) >= 11 is 0. The third-order valence-electron chi connectivity index (χ3n) is 2.94. The van der Waals surface area contributed by atoms with Gasteiger partial charge in [-0.3, -0.25) is 0 Å². The van der Waals surface area contributed by atoms with E-state index in [4.69, 9.17) is 5.73 Å². The van der Waals surface area contributed by atoms with Crippen LogP contribution in [0.5, 0.6) is 0 Å². The summed E-state index contributed by atoms with van der Waals surface area (Å²) in [7, 11) is 0. The average molecular weight is 177 g/mol. The van der Waals surface area contributed by atoms with Crippen molar-refractivity contribution in [3.63, 3.8) is 0 Å². The van der Waals surface area contributed by atoms with Gasteiger partial charge in [0.25, 0.3) is 0 Å². The molecular weight excluding hydrogens is 162 g/mol. The molecule has 1 aromatic rings. The van der Waals surface area contributed by atoms with Gasteiger partial charge in [0.1, 0.15) is 6.33 Å². The van der Waals surface area contributed by atoms with Gasteiger partial charge in [-0.05, 0) is 43.7 Å². The minimum absolute atomic E-state index is 0.463. The quantitative estimate of drug-likeness (QED) is 0.750. The molecule has 0 unspecified atom stereocenters. The maximum Gasteiger partial charge on any atom is 0.115 e. The van der Waals surface area contributed by atoms with Crippen molar-refractivity contribution < 1.29 is 0 Å². The lowest BCUT2D eigenvalue weighted by Gasteiger charge is -2.10. The Morgan fingerprint density at radius 1 is 1.46 bits per heavy atom. The molecule has 0 aliphatic heterocycles. The van der Waals surface area contributed by atoms with Crippen LogP contribution in [0.2, 0.25) is 0 Å². The number of aromatic nitrogens is 2. The molecule has 0 aromatic carbocycles. The van der Waals surface area contributed by atoms with E-state index in [9.17, 15) is 0 Å². The Morgan fingerprint density at radius 2 is 2.31 bits per heavy atom. The van der Waals surface area contributed by atoms with E-state index in [1.807, 2.05) is 6.07 Å². The van der Waals surface area contributed by atoms with Gasteiger partial charge in [0.2, 0.25) is 0 Å². The molecule has 13 heavy (non-hydrogen) atoms. The predicted molar refractivity (Wildman–Crippen MR) is 51.1 cm³/mol. The Labute approximate surface area is 78.4 Å². The molecule has 1 aliphatic carbocycles. The minimum atomic E-state index is 0.463. The van der Waals surface area contributed by atoms with Gasteiger partial charge in [-0.25, -0.2) is 9.97 Å². The first kappa shape index (κ1) is 8.63. The maximum atomic E-state index is 5.70. The van der Waals surface area contributed by atoms with E-state index in [0.717, 1.165) is 18.7 Å². The summed E-state index contributed by atoms with van der Waals surface area (Å²) in [5, 5.41) is 0. The second-order valence-electron chi connectivity index (χ2n) is 3.90. The minimum Gasteiger partial charge on any atom is -0.330 e. The fourth-order valence-corrected chi connectivity index (χ4v) is 1.59. The number of nitrogens with two attached hydrogens (primary N) is 1. The van der Waals surface area contributed by atoms with E-state index in [-0.39, 0.29) is 0 Å². The molecule has 0 spiro atoms. The van der Waals surface area contributed by atoms with Crippen LogP contribution < -0.4 is 5.73 Å². The molecule has 1 aliphatic rings. The Kier molecular flexibility index (Phi) is 2.27. The van der Waals surface area contributed by atoms with Crippen molar-refractivity contribution in [3.05, 3.63) is 24.3 Å². The molecule has 3 nitrogen and oxygen atoms in total. The Hall–Kier alpha value is -0.960. The Bertz CT molecular complexity index is 267. The molecule has 1 aromatic heterocycles. The van der Waals surface area contributed by atoms with E-state index >= 15 is 0 Å². The normalized spacial score (nSPS) is 18.5. The average Bonchev–Trinajstić information content (AvgIpc) is 2.97. The molecular formula is C10H15N3. The molecule has 0 atom stereocenters. The maximum absolute atomic E-state index is 5.70. The van der Waals surface area contributed by atoms with Crippen molar-refractivity contribution in [3.8, 4) is 0 Å². The number of hydrogen-bond donors (Lipinski definition) is 1. The van der Waals surface area contributed by atoms with Crippen LogP contribution in [0.3, 0.4) is 0 Å². The van der Waals surface area contributed by atoms with Gasteiger partial charge >= 0.3 is 0 Å². The lowest BCUT2D eigenvalue weighted by Crippen LogP contribution is -2.16. The van der Waals surface area contributed by atoms with Crippen molar-refractivity contribution in [1.82, 2.24) is 9.97 Å². The zero-order valence-electron chi connectivity index (χ0n) is 7.74. The zero-order chi connectivity index (χ0) is 9.15. The summed E-state index contributed by atoms with van der Waals surface area (Å²) in [6.45, 7) is 0.831. The van der Waals surface area contributed by atoms with Gasteiger partial charge < -0.3 is 5.73 Å². The SMILES string of the molecule is NCC1(CCc2ccncn2)CC1. The third kappa shape index (κ3) is 2.04. The highest BCUT2D eigenvalue weighted by Crippen LogP contribution is 2.48. The topological polar surface area (TPSA) is 51.8 Å². The van der Waals surface area contributed by atoms with Gasteiger partial charge in [0, 0.05) is 11.9 Å². The smallest absolute Gasteiger partial charge is 0.115 e. The van der Waals surface area contributed by atoms with Crippen LogP contribution in [-0.2, 0) is 6.42 Å². The largest absolute Gasteiger partial charge is 0.330 e. The zero-order valence-corrected chi connectivity index (χ0v) is 7.74. The highest BCUT2D eigenvalue weighted by atomic mass is 14.8.